The van der Waals surface area contributed by atoms with Crippen molar-refractivity contribution in [1.29, 1.82) is 0 Å². The molecule has 1 N–H and O–H groups in total. The van der Waals surface area contributed by atoms with Crippen LogP contribution in [0.5, 0.6) is 0 Å². The van der Waals surface area contributed by atoms with Gasteiger partial charge in [0.2, 0.25) is 5.91 Å². The molecule has 2 fully saturated rings. The van der Waals surface area contributed by atoms with Crippen molar-refractivity contribution in [1.82, 2.24) is 9.80 Å². The lowest BCUT2D eigenvalue weighted by molar-refractivity contribution is -0.140. The fraction of sp³-hybridized carbons (Fsp3) is 0.462. The number of piperazine rings is 1. The van der Waals surface area contributed by atoms with Crippen LogP contribution in [0.4, 0.5) is 10.5 Å². The summed E-state index contributed by atoms with van der Waals surface area (Å²) < 4.78 is 23.7. The summed E-state index contributed by atoms with van der Waals surface area (Å²) in [5.74, 6) is 0.226. The van der Waals surface area contributed by atoms with Gasteiger partial charge in [0, 0.05) is 31.5 Å². The molecule has 0 radical (unpaired) electrons. The number of nitrogens with zero attached hydrogens (tertiary/aromatic N) is 2. The van der Waals surface area contributed by atoms with E-state index < -0.39 is 9.84 Å². The average molecular weight is 484 g/mol. The standard InChI is InChI=1S/C26H33N3O4S/c1-17-5-10-22(11-6-17)27-26(31)28-16-18(2)29(19(3)30)24-14-9-21(15-25(24)28)20-7-12-23(13-8-20)34(4,32)33/h5-8,10-13,18,21,24-25H,9,14-16H2,1-4H3,(H,27,31)/t18-,21?,24?,25?/m0/s1. The normalized spacial score (nSPS) is 24.9. The number of benzene rings is 2. The highest BCUT2D eigenvalue weighted by molar-refractivity contribution is 7.90. The number of fused-ring (bicyclic) bond motifs is 1. The van der Waals surface area contributed by atoms with E-state index in [0.29, 0.717) is 11.4 Å². The molecular weight excluding hydrogens is 450 g/mol. The third kappa shape index (κ3) is 4.97. The molecule has 34 heavy (non-hydrogen) atoms. The minimum atomic E-state index is -3.25. The Morgan fingerprint density at radius 3 is 2.21 bits per heavy atom. The van der Waals surface area contributed by atoms with Gasteiger partial charge in [-0.1, -0.05) is 29.8 Å². The number of urea groups is 1. The van der Waals surface area contributed by atoms with Gasteiger partial charge in [0.25, 0.3) is 0 Å². The van der Waals surface area contributed by atoms with Crippen LogP contribution in [0.1, 0.15) is 50.2 Å². The van der Waals surface area contributed by atoms with Gasteiger partial charge in [0.1, 0.15) is 0 Å². The number of hydrogen-bond donors (Lipinski definition) is 1. The molecule has 3 unspecified atom stereocenters. The van der Waals surface area contributed by atoms with E-state index >= 15 is 0 Å². The van der Waals surface area contributed by atoms with Crippen molar-refractivity contribution >= 4 is 27.5 Å². The maximum absolute atomic E-state index is 13.4. The monoisotopic (exact) mass is 483 g/mol. The SMILES string of the molecule is CC(=O)N1C2CCC(c3ccc(S(C)(=O)=O)cc3)CC2N(C(=O)Nc2ccc(C)cc2)C[C@@H]1C. The molecule has 2 aromatic rings. The quantitative estimate of drug-likeness (QED) is 0.709. The molecule has 1 aliphatic carbocycles. The average Bonchev–Trinajstić information content (AvgIpc) is 2.79. The summed E-state index contributed by atoms with van der Waals surface area (Å²) in [6.07, 6.45) is 3.60. The molecule has 7 nitrogen and oxygen atoms in total. The highest BCUT2D eigenvalue weighted by Crippen LogP contribution is 2.40. The molecule has 0 aromatic heterocycles. The van der Waals surface area contributed by atoms with Gasteiger partial charge in [-0.3, -0.25) is 4.79 Å². The predicted octanol–water partition coefficient (Wildman–Crippen LogP) is 4.19. The van der Waals surface area contributed by atoms with Gasteiger partial charge >= 0.3 is 6.03 Å². The predicted molar refractivity (Wildman–Crippen MR) is 133 cm³/mol. The topological polar surface area (TPSA) is 86.8 Å². The van der Waals surface area contributed by atoms with Crippen molar-refractivity contribution in [2.75, 3.05) is 18.1 Å². The summed E-state index contributed by atoms with van der Waals surface area (Å²) in [5, 5.41) is 3.03. The van der Waals surface area contributed by atoms with Crippen molar-refractivity contribution in [2.24, 2.45) is 0 Å². The van der Waals surface area contributed by atoms with Crippen molar-refractivity contribution in [3.05, 3.63) is 59.7 Å². The van der Waals surface area contributed by atoms with Crippen LogP contribution in [0, 0.1) is 6.92 Å². The van der Waals surface area contributed by atoms with Crippen LogP contribution < -0.4 is 5.32 Å². The molecule has 2 aromatic carbocycles. The zero-order chi connectivity index (χ0) is 24.6. The zero-order valence-corrected chi connectivity index (χ0v) is 21.0. The van der Waals surface area contributed by atoms with Crippen molar-refractivity contribution in [2.45, 2.75) is 69.0 Å². The second kappa shape index (κ2) is 9.41. The molecule has 1 heterocycles. The van der Waals surface area contributed by atoms with E-state index in [1.807, 2.05) is 60.0 Å². The molecule has 1 aliphatic heterocycles. The summed E-state index contributed by atoms with van der Waals surface area (Å²) in [5.41, 5.74) is 2.94. The fourth-order valence-electron chi connectivity index (χ4n) is 5.52. The maximum atomic E-state index is 13.4. The molecule has 4 atom stereocenters. The highest BCUT2D eigenvalue weighted by Gasteiger charge is 2.46. The third-order valence-corrected chi connectivity index (χ3v) is 8.31. The number of aryl methyl sites for hydroxylation is 1. The second-order valence-corrected chi connectivity index (χ2v) is 11.7. The minimum Gasteiger partial charge on any atom is -0.333 e. The van der Waals surface area contributed by atoms with E-state index in [1.165, 1.54) is 6.26 Å². The van der Waals surface area contributed by atoms with Crippen molar-refractivity contribution in [3.63, 3.8) is 0 Å². The van der Waals surface area contributed by atoms with Gasteiger partial charge in [-0.2, -0.15) is 0 Å². The van der Waals surface area contributed by atoms with E-state index in [1.54, 1.807) is 19.1 Å². The van der Waals surface area contributed by atoms with Crippen LogP contribution >= 0.6 is 0 Å². The number of anilines is 1. The number of rotatable bonds is 3. The zero-order valence-electron chi connectivity index (χ0n) is 20.2. The summed E-state index contributed by atoms with van der Waals surface area (Å²) >= 11 is 0. The number of carbonyl (C=O) groups excluding carboxylic acids is 2. The highest BCUT2D eigenvalue weighted by atomic mass is 32.2. The Kier molecular flexibility index (Phi) is 6.71. The summed E-state index contributed by atoms with van der Waals surface area (Å²) in [7, 11) is -3.25. The number of hydrogen-bond acceptors (Lipinski definition) is 4. The number of nitrogens with one attached hydrogen (secondary N) is 1. The number of carbonyl (C=O) groups is 2. The lowest BCUT2D eigenvalue weighted by Gasteiger charge is -2.53. The van der Waals surface area contributed by atoms with Crippen LogP contribution in [-0.4, -0.2) is 61.1 Å². The number of amides is 3. The molecular formula is C26H33N3O4S. The van der Waals surface area contributed by atoms with E-state index in [2.05, 4.69) is 5.32 Å². The largest absolute Gasteiger partial charge is 0.333 e. The first-order valence-corrected chi connectivity index (χ1v) is 13.7. The molecule has 182 valence electrons. The summed E-state index contributed by atoms with van der Waals surface area (Å²) in [6.45, 7) is 6.08. The molecule has 4 rings (SSSR count). The molecule has 1 saturated carbocycles. The van der Waals surface area contributed by atoms with Crippen LogP contribution in [0.25, 0.3) is 0 Å². The first-order chi connectivity index (χ1) is 16.0. The summed E-state index contributed by atoms with van der Waals surface area (Å²) in [6, 6.07) is 14.4. The molecule has 0 bridgehead atoms. The molecule has 0 spiro atoms. The van der Waals surface area contributed by atoms with Crippen LogP contribution in [0.3, 0.4) is 0 Å². The smallest absolute Gasteiger partial charge is 0.322 e. The lowest BCUT2D eigenvalue weighted by Crippen LogP contribution is -2.67. The summed E-state index contributed by atoms with van der Waals surface area (Å²) in [4.78, 5) is 30.0. The Morgan fingerprint density at radius 2 is 1.62 bits per heavy atom. The van der Waals surface area contributed by atoms with E-state index in [-0.39, 0.29) is 36.0 Å². The Hall–Kier alpha value is -2.87. The first-order valence-electron chi connectivity index (χ1n) is 11.8. The van der Waals surface area contributed by atoms with Gasteiger partial charge in [0.15, 0.2) is 9.84 Å². The first kappa shape index (κ1) is 24.3. The minimum absolute atomic E-state index is 0.0310. The van der Waals surface area contributed by atoms with E-state index in [9.17, 15) is 18.0 Å². The van der Waals surface area contributed by atoms with Gasteiger partial charge in [-0.25, -0.2) is 13.2 Å². The molecule has 3 amide bonds. The van der Waals surface area contributed by atoms with Gasteiger partial charge < -0.3 is 15.1 Å². The van der Waals surface area contributed by atoms with Crippen LogP contribution in [0.15, 0.2) is 53.4 Å². The van der Waals surface area contributed by atoms with Gasteiger partial charge in [-0.15, -0.1) is 0 Å². The third-order valence-electron chi connectivity index (χ3n) is 7.18. The van der Waals surface area contributed by atoms with Gasteiger partial charge in [-0.05, 0) is 68.9 Å². The fourth-order valence-corrected chi connectivity index (χ4v) is 6.16. The van der Waals surface area contributed by atoms with Crippen LogP contribution in [0.2, 0.25) is 0 Å². The lowest BCUT2D eigenvalue weighted by atomic mass is 9.76. The molecule has 8 heteroatoms. The van der Waals surface area contributed by atoms with Crippen molar-refractivity contribution < 1.29 is 18.0 Å². The maximum Gasteiger partial charge on any atom is 0.322 e. The van der Waals surface area contributed by atoms with Crippen molar-refractivity contribution in [3.8, 4) is 0 Å². The second-order valence-electron chi connectivity index (χ2n) is 9.71. The Bertz CT molecular complexity index is 1160. The molecule has 2 aliphatic rings. The van der Waals surface area contributed by atoms with Gasteiger partial charge in [0.05, 0.1) is 17.0 Å². The Labute approximate surface area is 202 Å². The Balaban J connectivity index is 1.59. The van der Waals surface area contributed by atoms with E-state index in [0.717, 1.165) is 36.1 Å². The Morgan fingerprint density at radius 1 is 0.971 bits per heavy atom. The number of sulfone groups is 1. The molecule has 1 saturated heterocycles. The van der Waals surface area contributed by atoms with E-state index in [4.69, 9.17) is 0 Å². The van der Waals surface area contributed by atoms with Crippen LogP contribution in [-0.2, 0) is 14.6 Å².